The van der Waals surface area contributed by atoms with Crippen molar-refractivity contribution in [3.63, 3.8) is 0 Å². The van der Waals surface area contributed by atoms with Crippen LogP contribution in [-0.2, 0) is 16.0 Å². The lowest BCUT2D eigenvalue weighted by molar-refractivity contribution is -0.121. The van der Waals surface area contributed by atoms with Crippen LogP contribution in [0.1, 0.15) is 48.9 Å². The van der Waals surface area contributed by atoms with Crippen LogP contribution < -0.4 is 10.6 Å². The van der Waals surface area contributed by atoms with Crippen LogP contribution in [0.4, 0.5) is 5.13 Å². The normalized spacial score (nSPS) is 19.6. The van der Waals surface area contributed by atoms with Gasteiger partial charge in [0.25, 0.3) is 5.91 Å². The van der Waals surface area contributed by atoms with Crippen molar-refractivity contribution in [1.29, 1.82) is 0 Å². The SMILES string of the molecule is CC1CCCCC1OCCNC(=O)Cc1csc(NC(=O)c2ccco2)n1. The molecule has 27 heavy (non-hydrogen) atoms. The molecular weight excluding hydrogens is 366 g/mol. The Labute approximate surface area is 162 Å². The Hall–Kier alpha value is -2.19. The van der Waals surface area contributed by atoms with Gasteiger partial charge >= 0.3 is 0 Å². The third-order valence-electron chi connectivity index (χ3n) is 4.65. The lowest BCUT2D eigenvalue weighted by Gasteiger charge is -2.28. The van der Waals surface area contributed by atoms with Crippen molar-refractivity contribution >= 4 is 28.3 Å². The topological polar surface area (TPSA) is 93.5 Å². The number of hydrogen-bond donors (Lipinski definition) is 2. The van der Waals surface area contributed by atoms with E-state index in [1.165, 1.54) is 36.9 Å². The van der Waals surface area contributed by atoms with Crippen molar-refractivity contribution in [2.75, 3.05) is 18.5 Å². The molecule has 0 aromatic carbocycles. The maximum atomic E-state index is 12.0. The first-order chi connectivity index (χ1) is 13.1. The summed E-state index contributed by atoms with van der Waals surface area (Å²) in [5.74, 6) is 0.347. The lowest BCUT2D eigenvalue weighted by Crippen LogP contribution is -2.32. The minimum Gasteiger partial charge on any atom is -0.459 e. The number of rotatable bonds is 8. The Balaban J connectivity index is 1.36. The van der Waals surface area contributed by atoms with Gasteiger partial charge in [-0.3, -0.25) is 14.9 Å². The molecule has 2 amide bonds. The molecule has 1 saturated carbocycles. The van der Waals surface area contributed by atoms with Gasteiger partial charge in [-0.25, -0.2) is 4.98 Å². The Kier molecular flexibility index (Phi) is 7.00. The molecule has 1 aliphatic carbocycles. The van der Waals surface area contributed by atoms with Gasteiger partial charge in [0.2, 0.25) is 5.91 Å². The summed E-state index contributed by atoms with van der Waals surface area (Å²) in [5, 5.41) is 7.71. The molecule has 3 rings (SSSR count). The van der Waals surface area contributed by atoms with Crippen LogP contribution in [0.3, 0.4) is 0 Å². The van der Waals surface area contributed by atoms with E-state index in [-0.39, 0.29) is 24.0 Å². The molecular formula is C19H25N3O4S. The molecule has 2 aromatic rings. The fraction of sp³-hybridized carbons (Fsp3) is 0.526. The summed E-state index contributed by atoms with van der Waals surface area (Å²) in [6.45, 7) is 3.25. The molecule has 2 unspecified atom stereocenters. The van der Waals surface area contributed by atoms with Gasteiger partial charge in [0.05, 0.1) is 31.1 Å². The van der Waals surface area contributed by atoms with E-state index < -0.39 is 0 Å². The molecule has 8 heteroatoms. The fourth-order valence-corrected chi connectivity index (χ4v) is 3.87. The van der Waals surface area contributed by atoms with Crippen molar-refractivity contribution in [2.24, 2.45) is 5.92 Å². The summed E-state index contributed by atoms with van der Waals surface area (Å²) >= 11 is 1.28. The van der Waals surface area contributed by atoms with Crippen LogP contribution >= 0.6 is 11.3 Å². The quantitative estimate of drug-likeness (QED) is 0.674. The van der Waals surface area contributed by atoms with Crippen molar-refractivity contribution in [3.05, 3.63) is 35.2 Å². The van der Waals surface area contributed by atoms with Crippen LogP contribution in [0.15, 0.2) is 28.2 Å². The second-order valence-corrected chi connectivity index (χ2v) is 7.63. The number of hydrogen-bond acceptors (Lipinski definition) is 6. The zero-order valence-corrected chi connectivity index (χ0v) is 16.2. The highest BCUT2D eigenvalue weighted by Crippen LogP contribution is 2.26. The number of aromatic nitrogens is 1. The smallest absolute Gasteiger partial charge is 0.293 e. The zero-order chi connectivity index (χ0) is 19.1. The van der Waals surface area contributed by atoms with E-state index in [0.29, 0.717) is 36.0 Å². The van der Waals surface area contributed by atoms with Crippen molar-refractivity contribution in [1.82, 2.24) is 10.3 Å². The van der Waals surface area contributed by atoms with Crippen LogP contribution in [0.25, 0.3) is 0 Å². The largest absolute Gasteiger partial charge is 0.459 e. The monoisotopic (exact) mass is 391 g/mol. The Morgan fingerprint density at radius 1 is 1.37 bits per heavy atom. The van der Waals surface area contributed by atoms with E-state index in [4.69, 9.17) is 9.15 Å². The maximum Gasteiger partial charge on any atom is 0.293 e. The average Bonchev–Trinajstić information content (AvgIpc) is 3.32. The van der Waals surface area contributed by atoms with Crippen molar-refractivity contribution in [3.8, 4) is 0 Å². The van der Waals surface area contributed by atoms with Gasteiger partial charge in [0, 0.05) is 11.9 Å². The fourth-order valence-electron chi connectivity index (χ4n) is 3.17. The Morgan fingerprint density at radius 3 is 3.00 bits per heavy atom. The van der Waals surface area contributed by atoms with E-state index >= 15 is 0 Å². The van der Waals surface area contributed by atoms with Crippen LogP contribution in [0.5, 0.6) is 0 Å². The van der Waals surface area contributed by atoms with E-state index in [0.717, 1.165) is 6.42 Å². The number of carbonyl (C=O) groups excluding carboxylic acids is 2. The number of thiazole rings is 1. The van der Waals surface area contributed by atoms with Crippen LogP contribution in [0, 0.1) is 5.92 Å². The van der Waals surface area contributed by atoms with Crippen molar-refractivity contribution < 1.29 is 18.7 Å². The summed E-state index contributed by atoms with van der Waals surface area (Å²) in [4.78, 5) is 28.2. The maximum absolute atomic E-state index is 12.0. The number of furan rings is 1. The highest BCUT2D eigenvalue weighted by molar-refractivity contribution is 7.14. The van der Waals surface area contributed by atoms with Crippen molar-refractivity contribution in [2.45, 2.75) is 45.1 Å². The van der Waals surface area contributed by atoms with Gasteiger partial charge in [-0.2, -0.15) is 0 Å². The minimum atomic E-state index is -0.362. The molecule has 0 saturated heterocycles. The van der Waals surface area contributed by atoms with Gasteiger partial charge in [-0.15, -0.1) is 11.3 Å². The molecule has 2 heterocycles. The third-order valence-corrected chi connectivity index (χ3v) is 5.45. The first-order valence-electron chi connectivity index (χ1n) is 9.29. The highest BCUT2D eigenvalue weighted by atomic mass is 32.1. The summed E-state index contributed by atoms with van der Waals surface area (Å²) in [7, 11) is 0. The number of anilines is 1. The van der Waals surface area contributed by atoms with E-state index in [1.54, 1.807) is 17.5 Å². The molecule has 2 atom stereocenters. The molecule has 1 fully saturated rings. The molecule has 0 spiro atoms. The molecule has 0 radical (unpaired) electrons. The second-order valence-electron chi connectivity index (χ2n) is 6.77. The number of ether oxygens (including phenoxy) is 1. The third kappa shape index (κ3) is 5.90. The molecule has 0 bridgehead atoms. The van der Waals surface area contributed by atoms with Gasteiger partial charge < -0.3 is 14.5 Å². The predicted molar refractivity (Wildman–Crippen MR) is 103 cm³/mol. The van der Waals surface area contributed by atoms with E-state index in [2.05, 4.69) is 22.5 Å². The molecule has 7 nitrogen and oxygen atoms in total. The van der Waals surface area contributed by atoms with Gasteiger partial charge in [-0.05, 0) is 30.9 Å². The van der Waals surface area contributed by atoms with Crippen LogP contribution in [0.2, 0.25) is 0 Å². The first kappa shape index (κ1) is 19.6. The first-order valence-corrected chi connectivity index (χ1v) is 10.2. The molecule has 2 N–H and O–H groups in total. The Bertz CT molecular complexity index is 744. The molecule has 1 aliphatic rings. The molecule has 0 aliphatic heterocycles. The standard InChI is InChI=1S/C19H25N3O4S/c1-13-5-2-3-6-15(13)26-10-8-20-17(23)11-14-12-27-19(21-14)22-18(24)16-7-4-9-25-16/h4,7,9,12-13,15H,2-3,5-6,8,10-11H2,1H3,(H,20,23)(H,21,22,24). The van der Waals surface area contributed by atoms with Gasteiger partial charge in [-0.1, -0.05) is 19.8 Å². The van der Waals surface area contributed by atoms with Gasteiger partial charge in [0.1, 0.15) is 0 Å². The predicted octanol–water partition coefficient (Wildman–Crippen LogP) is 3.24. The second kappa shape index (κ2) is 9.66. The minimum absolute atomic E-state index is 0.107. The molecule has 146 valence electrons. The lowest BCUT2D eigenvalue weighted by atomic mass is 9.88. The number of nitrogens with zero attached hydrogens (tertiary/aromatic N) is 1. The number of carbonyl (C=O) groups is 2. The Morgan fingerprint density at radius 2 is 2.22 bits per heavy atom. The number of nitrogens with one attached hydrogen (secondary N) is 2. The number of amides is 2. The summed E-state index contributed by atoms with van der Waals surface area (Å²) in [6, 6.07) is 3.22. The van der Waals surface area contributed by atoms with Crippen LogP contribution in [-0.4, -0.2) is 36.1 Å². The van der Waals surface area contributed by atoms with E-state index in [1.807, 2.05) is 0 Å². The van der Waals surface area contributed by atoms with Gasteiger partial charge in [0.15, 0.2) is 10.9 Å². The summed E-state index contributed by atoms with van der Waals surface area (Å²) < 4.78 is 10.9. The molecule has 2 aromatic heterocycles. The highest BCUT2D eigenvalue weighted by Gasteiger charge is 2.21. The summed E-state index contributed by atoms with van der Waals surface area (Å²) in [6.07, 6.45) is 6.77. The summed E-state index contributed by atoms with van der Waals surface area (Å²) in [5.41, 5.74) is 0.620. The zero-order valence-electron chi connectivity index (χ0n) is 15.4. The average molecular weight is 391 g/mol. The van der Waals surface area contributed by atoms with E-state index in [9.17, 15) is 9.59 Å².